The number of nitriles is 1. The second kappa shape index (κ2) is 7.08. The van der Waals surface area contributed by atoms with Crippen LogP contribution in [0.3, 0.4) is 0 Å². The predicted octanol–water partition coefficient (Wildman–Crippen LogP) is 3.76. The molecule has 0 spiro atoms. The van der Waals surface area contributed by atoms with Gasteiger partial charge in [-0.05, 0) is 84.0 Å². The highest BCUT2D eigenvalue weighted by Gasteiger charge is 2.60. The molecule has 29 heavy (non-hydrogen) atoms. The maximum Gasteiger partial charge on any atom is 0.411 e. The molecule has 0 radical (unpaired) electrons. The Hall–Kier alpha value is -1.42. The first-order valence-electron chi connectivity index (χ1n) is 10.9. The molecule has 4 bridgehead atoms. The largest absolute Gasteiger partial charge is 0.444 e. The van der Waals surface area contributed by atoms with Crippen molar-refractivity contribution < 1.29 is 14.3 Å². The van der Waals surface area contributed by atoms with Crippen molar-refractivity contribution in [2.24, 2.45) is 11.8 Å². The third-order valence-electron chi connectivity index (χ3n) is 7.20. The van der Waals surface area contributed by atoms with E-state index in [1.807, 2.05) is 20.8 Å². The molecular weight excluding hydrogens is 386 g/mol. The molecule has 5 rings (SSSR count). The molecule has 0 N–H and O–H groups in total. The number of amides is 2. The number of hydrogen-bond donors (Lipinski definition) is 1. The number of nitrogens with zero attached hydrogens (tertiary/aromatic N) is 3. The van der Waals surface area contributed by atoms with Gasteiger partial charge in [0.05, 0.1) is 6.07 Å². The van der Waals surface area contributed by atoms with Crippen LogP contribution < -0.4 is 0 Å². The van der Waals surface area contributed by atoms with Crippen molar-refractivity contribution in [2.45, 2.75) is 94.1 Å². The number of thiol groups is 1. The summed E-state index contributed by atoms with van der Waals surface area (Å²) in [5.41, 5.74) is -0.978. The number of ether oxygens (including phenoxy) is 1. The molecule has 0 aromatic carbocycles. The topological polar surface area (TPSA) is 73.6 Å². The maximum atomic E-state index is 13.3. The van der Waals surface area contributed by atoms with Crippen LogP contribution in [0, 0.1) is 23.2 Å². The second-order valence-corrected chi connectivity index (χ2v) is 11.8. The summed E-state index contributed by atoms with van der Waals surface area (Å²) in [5.74, 6) is 0.990. The van der Waals surface area contributed by atoms with E-state index < -0.39 is 11.7 Å². The molecule has 6 nitrogen and oxygen atoms in total. The van der Waals surface area contributed by atoms with Crippen LogP contribution in [0.2, 0.25) is 0 Å². The van der Waals surface area contributed by atoms with Crippen molar-refractivity contribution in [2.75, 3.05) is 13.1 Å². The van der Waals surface area contributed by atoms with Crippen LogP contribution in [0.15, 0.2) is 0 Å². The minimum absolute atomic E-state index is 0.00358. The van der Waals surface area contributed by atoms with Crippen molar-refractivity contribution in [1.29, 1.82) is 5.26 Å². The lowest BCUT2D eigenvalue weighted by atomic mass is 9.52. The number of likely N-dealkylation sites (tertiary alicyclic amines) is 1. The Morgan fingerprint density at radius 2 is 1.90 bits per heavy atom. The molecule has 1 heterocycles. The summed E-state index contributed by atoms with van der Waals surface area (Å²) in [6.07, 6.45) is 7.25. The van der Waals surface area contributed by atoms with E-state index >= 15 is 0 Å². The average Bonchev–Trinajstić information content (AvgIpc) is 3.04. The Bertz CT molecular complexity index is 727. The molecule has 3 atom stereocenters. The molecule has 4 aliphatic carbocycles. The van der Waals surface area contributed by atoms with Gasteiger partial charge in [0.1, 0.15) is 18.2 Å². The zero-order valence-electron chi connectivity index (χ0n) is 17.8. The van der Waals surface area contributed by atoms with E-state index in [2.05, 4.69) is 6.07 Å². The zero-order valence-corrected chi connectivity index (χ0v) is 18.7. The Kier molecular flexibility index (Phi) is 5.08. The molecule has 4 saturated carbocycles. The van der Waals surface area contributed by atoms with Crippen LogP contribution in [-0.4, -0.2) is 56.8 Å². The normalized spacial score (nSPS) is 38.0. The minimum Gasteiger partial charge on any atom is -0.444 e. The average molecular weight is 420 g/mol. The molecule has 160 valence electrons. The van der Waals surface area contributed by atoms with Crippen LogP contribution in [0.25, 0.3) is 0 Å². The fourth-order valence-corrected chi connectivity index (χ4v) is 7.46. The van der Waals surface area contributed by atoms with E-state index in [0.717, 1.165) is 38.5 Å². The number of rotatable bonds is 3. The molecule has 2 unspecified atom stereocenters. The summed E-state index contributed by atoms with van der Waals surface area (Å²) in [5, 5.41) is 9.39. The summed E-state index contributed by atoms with van der Waals surface area (Å²) in [6.45, 7) is 6.16. The summed E-state index contributed by atoms with van der Waals surface area (Å²) in [7, 11) is 0. The fourth-order valence-electron chi connectivity index (χ4n) is 6.65. The van der Waals surface area contributed by atoms with Crippen LogP contribution >= 0.6 is 12.6 Å². The van der Waals surface area contributed by atoms with Gasteiger partial charge in [-0.25, -0.2) is 4.79 Å². The van der Waals surface area contributed by atoms with Crippen molar-refractivity contribution in [1.82, 2.24) is 9.80 Å². The SMILES string of the molecule is CC(C)(C)OC(=O)N(CC(=O)N1CCC[C@H]1C#N)C12CC3CC(CC(S)(C3)C1)C2. The molecule has 5 fully saturated rings. The summed E-state index contributed by atoms with van der Waals surface area (Å²) in [4.78, 5) is 29.9. The summed E-state index contributed by atoms with van der Waals surface area (Å²) in [6, 6.07) is 1.86. The molecule has 5 aliphatic rings. The van der Waals surface area contributed by atoms with Gasteiger partial charge in [-0.3, -0.25) is 9.69 Å². The van der Waals surface area contributed by atoms with Crippen molar-refractivity contribution in [3.05, 3.63) is 0 Å². The van der Waals surface area contributed by atoms with Gasteiger partial charge in [0, 0.05) is 16.8 Å². The van der Waals surface area contributed by atoms with Crippen molar-refractivity contribution in [3.63, 3.8) is 0 Å². The first-order chi connectivity index (χ1) is 13.5. The number of hydrogen-bond acceptors (Lipinski definition) is 5. The van der Waals surface area contributed by atoms with Gasteiger partial charge in [0.2, 0.25) is 5.91 Å². The molecular formula is C22H33N3O3S. The molecule has 2 amide bonds. The first kappa shape index (κ1) is 20.8. The van der Waals surface area contributed by atoms with Crippen LogP contribution in [0.1, 0.15) is 72.1 Å². The van der Waals surface area contributed by atoms with Gasteiger partial charge in [0.15, 0.2) is 0 Å². The fraction of sp³-hybridized carbons (Fsp3) is 0.864. The highest BCUT2D eigenvalue weighted by Crippen LogP contribution is 2.61. The van der Waals surface area contributed by atoms with Gasteiger partial charge in [0.25, 0.3) is 0 Å². The van der Waals surface area contributed by atoms with E-state index in [1.165, 1.54) is 6.42 Å². The summed E-state index contributed by atoms with van der Waals surface area (Å²) < 4.78 is 5.72. The maximum absolute atomic E-state index is 13.3. The smallest absolute Gasteiger partial charge is 0.411 e. The Morgan fingerprint density at radius 3 is 2.45 bits per heavy atom. The lowest BCUT2D eigenvalue weighted by Crippen LogP contribution is -2.66. The van der Waals surface area contributed by atoms with Crippen molar-refractivity contribution in [3.8, 4) is 6.07 Å². The minimum atomic E-state index is -0.623. The van der Waals surface area contributed by atoms with Gasteiger partial charge in [-0.15, -0.1) is 0 Å². The molecule has 1 aliphatic heterocycles. The monoisotopic (exact) mass is 419 g/mol. The third-order valence-corrected chi connectivity index (χ3v) is 7.72. The Morgan fingerprint density at radius 1 is 1.24 bits per heavy atom. The second-order valence-electron chi connectivity index (χ2n) is 10.9. The standard InChI is InChI=1S/C22H33N3O3S/c1-20(2,3)28-19(27)25(13-18(26)24-6-4-5-17(24)12-23)21-8-15-7-16(9-21)11-22(29,10-15)14-21/h15-17,29H,4-11,13-14H2,1-3H3/t15?,16?,17-,21?,22?/m0/s1. The van der Waals surface area contributed by atoms with Gasteiger partial charge in [-0.1, -0.05) is 0 Å². The third kappa shape index (κ3) is 3.97. The lowest BCUT2D eigenvalue weighted by Gasteiger charge is -2.63. The zero-order chi connectivity index (χ0) is 21.0. The lowest BCUT2D eigenvalue weighted by molar-refractivity contribution is -0.138. The van der Waals surface area contributed by atoms with Crippen LogP contribution in [-0.2, 0) is 9.53 Å². The highest BCUT2D eigenvalue weighted by atomic mass is 32.1. The van der Waals surface area contributed by atoms with Crippen molar-refractivity contribution >= 4 is 24.6 Å². The van der Waals surface area contributed by atoms with E-state index in [9.17, 15) is 14.9 Å². The van der Waals surface area contributed by atoms with Crippen LogP contribution in [0.5, 0.6) is 0 Å². The highest BCUT2D eigenvalue weighted by molar-refractivity contribution is 7.81. The molecule has 7 heteroatoms. The Balaban J connectivity index is 1.62. The van der Waals surface area contributed by atoms with Gasteiger partial charge in [-0.2, -0.15) is 17.9 Å². The van der Waals surface area contributed by atoms with E-state index in [1.54, 1.807) is 9.80 Å². The van der Waals surface area contributed by atoms with Gasteiger partial charge >= 0.3 is 6.09 Å². The van der Waals surface area contributed by atoms with E-state index in [-0.39, 0.29) is 28.8 Å². The van der Waals surface area contributed by atoms with E-state index in [0.29, 0.717) is 24.8 Å². The number of carbonyl (C=O) groups is 2. The molecule has 0 aromatic heterocycles. The molecule has 1 saturated heterocycles. The van der Waals surface area contributed by atoms with Gasteiger partial charge < -0.3 is 9.64 Å². The predicted molar refractivity (Wildman–Crippen MR) is 112 cm³/mol. The van der Waals surface area contributed by atoms with E-state index in [4.69, 9.17) is 17.4 Å². The molecule has 0 aromatic rings. The quantitative estimate of drug-likeness (QED) is 0.707. The summed E-state index contributed by atoms with van der Waals surface area (Å²) >= 11 is 5.04. The van der Waals surface area contributed by atoms with Crippen LogP contribution in [0.4, 0.5) is 4.79 Å². The number of carbonyl (C=O) groups excluding carboxylic acids is 2. The Labute approximate surface area is 179 Å². The first-order valence-corrected chi connectivity index (χ1v) is 11.4.